The molecule has 0 spiro atoms. The molecule has 0 aliphatic carbocycles. The van der Waals surface area contributed by atoms with Crippen molar-refractivity contribution >= 4 is 11.0 Å². The zero-order chi connectivity index (χ0) is 12.5. The molecule has 3 aromatic rings. The highest BCUT2D eigenvalue weighted by atomic mass is 16.1. The van der Waals surface area contributed by atoms with Gasteiger partial charge in [-0.25, -0.2) is 4.68 Å². The summed E-state index contributed by atoms with van der Waals surface area (Å²) < 4.78 is 1.32. The minimum Gasteiger partial charge on any atom is -0.271 e. The van der Waals surface area contributed by atoms with E-state index in [0.29, 0.717) is 17.6 Å². The molecule has 0 amide bonds. The average Bonchev–Trinajstić information content (AvgIpc) is 2.84. The summed E-state index contributed by atoms with van der Waals surface area (Å²) in [4.78, 5) is 12.1. The third kappa shape index (κ3) is 1.77. The molecule has 2 aromatic heterocycles. The number of benzene rings is 1. The number of nitrogens with one attached hydrogen (secondary N) is 1. The Morgan fingerprint density at radius 1 is 1.28 bits per heavy atom. The standard InChI is InChI=1S/C12H11N5O/c1-8-2-4-9(5-3-8)7-17-12(18)11-10(14-16-17)6-13-15-11/h2-6H,7H2,1H3,(H,13,15). The molecule has 0 saturated heterocycles. The van der Waals surface area contributed by atoms with Crippen molar-refractivity contribution in [1.29, 1.82) is 0 Å². The molecule has 0 saturated carbocycles. The Morgan fingerprint density at radius 2 is 2.06 bits per heavy atom. The van der Waals surface area contributed by atoms with Gasteiger partial charge in [0.1, 0.15) is 5.52 Å². The van der Waals surface area contributed by atoms with Gasteiger partial charge in [0.15, 0.2) is 5.52 Å². The predicted octanol–water partition coefficient (Wildman–Crippen LogP) is 0.871. The van der Waals surface area contributed by atoms with E-state index >= 15 is 0 Å². The Balaban J connectivity index is 2.02. The number of aryl methyl sites for hydroxylation is 1. The van der Waals surface area contributed by atoms with E-state index in [1.807, 2.05) is 31.2 Å². The zero-order valence-electron chi connectivity index (χ0n) is 9.79. The summed E-state index contributed by atoms with van der Waals surface area (Å²) in [5.41, 5.74) is 2.85. The Bertz CT molecular complexity index is 741. The molecule has 6 nitrogen and oxygen atoms in total. The topological polar surface area (TPSA) is 76.5 Å². The number of hydrogen-bond acceptors (Lipinski definition) is 4. The van der Waals surface area contributed by atoms with Crippen molar-refractivity contribution in [2.75, 3.05) is 0 Å². The van der Waals surface area contributed by atoms with Crippen LogP contribution in [0.5, 0.6) is 0 Å². The molecule has 0 radical (unpaired) electrons. The monoisotopic (exact) mass is 241 g/mol. The third-order valence-electron chi connectivity index (χ3n) is 2.78. The first kappa shape index (κ1) is 10.6. The molecule has 0 fully saturated rings. The second-order valence-electron chi connectivity index (χ2n) is 4.17. The van der Waals surface area contributed by atoms with Crippen LogP contribution in [0.15, 0.2) is 35.3 Å². The molecule has 1 aromatic carbocycles. The van der Waals surface area contributed by atoms with Crippen molar-refractivity contribution in [2.24, 2.45) is 0 Å². The van der Waals surface area contributed by atoms with E-state index in [2.05, 4.69) is 20.5 Å². The van der Waals surface area contributed by atoms with Crippen molar-refractivity contribution < 1.29 is 0 Å². The number of fused-ring (bicyclic) bond motifs is 1. The molecular weight excluding hydrogens is 230 g/mol. The fraction of sp³-hybridized carbons (Fsp3) is 0.167. The predicted molar refractivity (Wildman–Crippen MR) is 66.2 cm³/mol. The van der Waals surface area contributed by atoms with Gasteiger partial charge in [0.2, 0.25) is 0 Å². The van der Waals surface area contributed by atoms with Crippen LogP contribution < -0.4 is 5.56 Å². The highest BCUT2D eigenvalue weighted by molar-refractivity contribution is 5.70. The zero-order valence-corrected chi connectivity index (χ0v) is 9.79. The van der Waals surface area contributed by atoms with Gasteiger partial charge in [-0.3, -0.25) is 9.89 Å². The largest absolute Gasteiger partial charge is 0.295 e. The molecule has 6 heteroatoms. The average molecular weight is 241 g/mol. The number of nitrogens with zero attached hydrogens (tertiary/aromatic N) is 4. The van der Waals surface area contributed by atoms with Crippen LogP contribution in [0, 0.1) is 6.92 Å². The molecule has 0 aliphatic rings. The van der Waals surface area contributed by atoms with Crippen LogP contribution in [-0.2, 0) is 6.54 Å². The van der Waals surface area contributed by atoms with Gasteiger partial charge < -0.3 is 0 Å². The van der Waals surface area contributed by atoms with E-state index in [4.69, 9.17) is 0 Å². The van der Waals surface area contributed by atoms with Crippen LogP contribution in [0.4, 0.5) is 0 Å². The van der Waals surface area contributed by atoms with E-state index in [9.17, 15) is 4.79 Å². The molecule has 0 unspecified atom stereocenters. The van der Waals surface area contributed by atoms with Gasteiger partial charge in [-0.1, -0.05) is 35.0 Å². The maximum atomic E-state index is 12.1. The number of aromatic amines is 1. The number of hydrogen-bond donors (Lipinski definition) is 1. The SMILES string of the molecule is Cc1ccc(Cn2nnc3cn[nH]c3c2=O)cc1. The Hall–Kier alpha value is -2.50. The molecule has 3 rings (SSSR count). The van der Waals surface area contributed by atoms with Crippen LogP contribution in [0.2, 0.25) is 0 Å². The van der Waals surface area contributed by atoms with Gasteiger partial charge in [0.25, 0.3) is 5.56 Å². The molecule has 2 heterocycles. The van der Waals surface area contributed by atoms with E-state index < -0.39 is 0 Å². The summed E-state index contributed by atoms with van der Waals surface area (Å²) in [7, 11) is 0. The van der Waals surface area contributed by atoms with Crippen molar-refractivity contribution in [1.82, 2.24) is 25.2 Å². The highest BCUT2D eigenvalue weighted by Gasteiger charge is 2.07. The lowest BCUT2D eigenvalue weighted by molar-refractivity contribution is 0.600. The summed E-state index contributed by atoms with van der Waals surface area (Å²) in [6, 6.07) is 7.95. The maximum absolute atomic E-state index is 12.1. The van der Waals surface area contributed by atoms with Gasteiger partial charge in [0.05, 0.1) is 12.7 Å². The lowest BCUT2D eigenvalue weighted by Crippen LogP contribution is -2.24. The number of H-pyrrole nitrogens is 1. The summed E-state index contributed by atoms with van der Waals surface area (Å²) in [5, 5.41) is 14.2. The van der Waals surface area contributed by atoms with Crippen molar-refractivity contribution in [3.8, 4) is 0 Å². The van der Waals surface area contributed by atoms with Crippen LogP contribution in [0.3, 0.4) is 0 Å². The smallest absolute Gasteiger partial charge is 0.271 e. The van der Waals surface area contributed by atoms with Crippen LogP contribution >= 0.6 is 0 Å². The van der Waals surface area contributed by atoms with Gasteiger partial charge in [-0.15, -0.1) is 5.10 Å². The molecule has 0 aliphatic heterocycles. The molecular formula is C12H11N5O. The van der Waals surface area contributed by atoms with Crippen LogP contribution in [-0.4, -0.2) is 25.2 Å². The van der Waals surface area contributed by atoms with E-state index in [1.165, 1.54) is 16.4 Å². The van der Waals surface area contributed by atoms with Crippen LogP contribution in [0.1, 0.15) is 11.1 Å². The Kier molecular flexibility index (Phi) is 2.40. The maximum Gasteiger partial charge on any atom is 0.295 e. The number of rotatable bonds is 2. The minimum absolute atomic E-state index is 0.210. The van der Waals surface area contributed by atoms with E-state index in [0.717, 1.165) is 5.56 Å². The van der Waals surface area contributed by atoms with Crippen molar-refractivity contribution in [2.45, 2.75) is 13.5 Å². The quantitative estimate of drug-likeness (QED) is 0.722. The fourth-order valence-electron chi connectivity index (χ4n) is 1.75. The van der Waals surface area contributed by atoms with Gasteiger partial charge in [-0.05, 0) is 12.5 Å². The first-order valence-corrected chi connectivity index (χ1v) is 5.56. The Labute approximate surface area is 102 Å². The van der Waals surface area contributed by atoms with Gasteiger partial charge in [0, 0.05) is 0 Å². The lowest BCUT2D eigenvalue weighted by Gasteiger charge is -2.03. The Morgan fingerprint density at radius 3 is 2.83 bits per heavy atom. The second kappa shape index (κ2) is 4.06. The van der Waals surface area contributed by atoms with E-state index in [-0.39, 0.29) is 5.56 Å². The molecule has 18 heavy (non-hydrogen) atoms. The van der Waals surface area contributed by atoms with Gasteiger partial charge >= 0.3 is 0 Å². The summed E-state index contributed by atoms with van der Waals surface area (Å²) in [6.07, 6.45) is 1.49. The third-order valence-corrected chi connectivity index (χ3v) is 2.78. The lowest BCUT2D eigenvalue weighted by atomic mass is 10.1. The highest BCUT2D eigenvalue weighted by Crippen LogP contribution is 2.04. The summed E-state index contributed by atoms with van der Waals surface area (Å²) >= 11 is 0. The molecule has 1 N–H and O–H groups in total. The second-order valence-corrected chi connectivity index (χ2v) is 4.17. The molecule has 0 bridgehead atoms. The number of aromatic nitrogens is 5. The molecule has 90 valence electrons. The summed E-state index contributed by atoms with van der Waals surface area (Å²) in [5.74, 6) is 0. The fourth-order valence-corrected chi connectivity index (χ4v) is 1.75. The first-order chi connectivity index (χ1) is 8.74. The van der Waals surface area contributed by atoms with E-state index in [1.54, 1.807) is 0 Å². The minimum atomic E-state index is -0.210. The van der Waals surface area contributed by atoms with Crippen molar-refractivity contribution in [3.63, 3.8) is 0 Å². The van der Waals surface area contributed by atoms with Crippen LogP contribution in [0.25, 0.3) is 11.0 Å². The van der Waals surface area contributed by atoms with Crippen molar-refractivity contribution in [3.05, 3.63) is 51.9 Å². The molecule has 0 atom stereocenters. The van der Waals surface area contributed by atoms with Gasteiger partial charge in [-0.2, -0.15) is 5.10 Å². The first-order valence-electron chi connectivity index (χ1n) is 5.56. The summed E-state index contributed by atoms with van der Waals surface area (Å²) in [6.45, 7) is 2.42. The normalized spacial score (nSPS) is 10.9.